The summed E-state index contributed by atoms with van der Waals surface area (Å²) in [5.74, 6) is 0. The molecule has 0 bridgehead atoms. The normalized spacial score (nSPS) is 13.4. The van der Waals surface area contributed by atoms with Crippen molar-refractivity contribution in [1.29, 1.82) is 0 Å². The molecule has 0 saturated carbocycles. The third kappa shape index (κ3) is 3.11. The largest absolute Gasteiger partial charge is 0.250 e. The number of nitrogens with one attached hydrogen (secondary N) is 1. The summed E-state index contributed by atoms with van der Waals surface area (Å²) in [6, 6.07) is 12.2. The van der Waals surface area contributed by atoms with Crippen LogP contribution < -0.4 is 4.72 Å². The predicted octanol–water partition coefficient (Wildman–Crippen LogP) is 3.44. The summed E-state index contributed by atoms with van der Waals surface area (Å²) in [7, 11) is -3.50. The summed E-state index contributed by atoms with van der Waals surface area (Å²) in [5.41, 5.74) is 0.920. The summed E-state index contributed by atoms with van der Waals surface area (Å²) < 4.78 is 27.5. The fraction of sp³-hybridized carbons (Fsp3) is 0.167. The molecule has 0 aliphatic carbocycles. The highest BCUT2D eigenvalue weighted by Crippen LogP contribution is 2.26. The number of benzene rings is 1. The second-order valence-corrected chi connectivity index (χ2v) is 7.47. The van der Waals surface area contributed by atoms with Gasteiger partial charge in [0, 0.05) is 6.04 Å². The van der Waals surface area contributed by atoms with Crippen molar-refractivity contribution >= 4 is 33.0 Å². The molecule has 0 amide bonds. The fourth-order valence-electron chi connectivity index (χ4n) is 1.54. The zero-order valence-electron chi connectivity index (χ0n) is 9.63. The van der Waals surface area contributed by atoms with Crippen molar-refractivity contribution in [1.82, 2.24) is 4.72 Å². The topological polar surface area (TPSA) is 46.2 Å². The number of rotatable bonds is 4. The molecule has 0 fully saturated rings. The molecule has 0 aliphatic heterocycles. The molecule has 1 heterocycles. The smallest absolute Gasteiger partial charge is 0.206 e. The van der Waals surface area contributed by atoms with Crippen molar-refractivity contribution in [3.63, 3.8) is 0 Å². The molecule has 1 aromatic carbocycles. The van der Waals surface area contributed by atoms with Crippen molar-refractivity contribution in [2.45, 2.75) is 17.2 Å². The van der Waals surface area contributed by atoms with Crippen molar-refractivity contribution in [2.75, 3.05) is 0 Å². The standard InChI is InChI=1S/C12H12ClNO2S2/c1-9(10-5-3-2-4-6-10)14-18(15,16)12-8-7-11(13)17-12/h2-9,14H,1H3. The Labute approximate surface area is 115 Å². The zero-order valence-corrected chi connectivity index (χ0v) is 12.0. The van der Waals surface area contributed by atoms with Gasteiger partial charge in [-0.15, -0.1) is 11.3 Å². The van der Waals surface area contributed by atoms with Crippen LogP contribution in [0, 0.1) is 0 Å². The number of sulfonamides is 1. The molecule has 3 nitrogen and oxygen atoms in total. The van der Waals surface area contributed by atoms with Gasteiger partial charge < -0.3 is 0 Å². The number of thiophene rings is 1. The molecule has 1 aromatic heterocycles. The van der Waals surface area contributed by atoms with Crippen LogP contribution in [0.4, 0.5) is 0 Å². The SMILES string of the molecule is CC(NS(=O)(=O)c1ccc(Cl)s1)c1ccccc1. The molecule has 1 unspecified atom stereocenters. The lowest BCUT2D eigenvalue weighted by Crippen LogP contribution is -2.26. The van der Waals surface area contributed by atoms with E-state index >= 15 is 0 Å². The molecular weight excluding hydrogens is 290 g/mol. The third-order valence-electron chi connectivity index (χ3n) is 2.44. The van der Waals surface area contributed by atoms with E-state index in [0.29, 0.717) is 4.34 Å². The second kappa shape index (κ2) is 5.40. The van der Waals surface area contributed by atoms with Crippen molar-refractivity contribution in [3.8, 4) is 0 Å². The second-order valence-electron chi connectivity index (χ2n) is 3.81. The fourth-order valence-corrected chi connectivity index (χ4v) is 4.27. The molecule has 1 atom stereocenters. The van der Waals surface area contributed by atoms with E-state index in [1.807, 2.05) is 37.3 Å². The molecule has 0 aliphatic rings. The van der Waals surface area contributed by atoms with Gasteiger partial charge in [-0.05, 0) is 24.6 Å². The van der Waals surface area contributed by atoms with E-state index in [2.05, 4.69) is 4.72 Å². The quantitative estimate of drug-likeness (QED) is 0.940. The lowest BCUT2D eigenvalue weighted by atomic mass is 10.1. The lowest BCUT2D eigenvalue weighted by Gasteiger charge is -2.13. The Morgan fingerprint density at radius 3 is 2.39 bits per heavy atom. The van der Waals surface area contributed by atoms with Gasteiger partial charge in [-0.3, -0.25) is 0 Å². The Balaban J connectivity index is 2.19. The van der Waals surface area contributed by atoms with Crippen LogP contribution in [-0.2, 0) is 10.0 Å². The van der Waals surface area contributed by atoms with E-state index in [1.165, 1.54) is 6.07 Å². The van der Waals surface area contributed by atoms with Crippen LogP contribution in [0.2, 0.25) is 4.34 Å². The maximum atomic E-state index is 12.1. The minimum atomic E-state index is -3.50. The van der Waals surface area contributed by atoms with E-state index in [4.69, 9.17) is 11.6 Å². The Bertz CT molecular complexity index is 623. The average molecular weight is 302 g/mol. The molecule has 0 radical (unpaired) electrons. The average Bonchev–Trinajstić information content (AvgIpc) is 2.77. The molecule has 96 valence electrons. The van der Waals surface area contributed by atoms with E-state index in [-0.39, 0.29) is 10.3 Å². The first-order valence-corrected chi connectivity index (χ1v) is 7.99. The summed E-state index contributed by atoms with van der Waals surface area (Å²) in [6.45, 7) is 1.81. The molecule has 0 saturated heterocycles. The van der Waals surface area contributed by atoms with Crippen LogP contribution in [0.15, 0.2) is 46.7 Å². The lowest BCUT2D eigenvalue weighted by molar-refractivity contribution is 0.569. The van der Waals surface area contributed by atoms with E-state index < -0.39 is 10.0 Å². The van der Waals surface area contributed by atoms with E-state index in [1.54, 1.807) is 6.07 Å². The van der Waals surface area contributed by atoms with Crippen molar-refractivity contribution in [2.24, 2.45) is 0 Å². The Kier molecular flexibility index (Phi) is 4.07. The molecule has 18 heavy (non-hydrogen) atoms. The predicted molar refractivity (Wildman–Crippen MR) is 74.5 cm³/mol. The summed E-state index contributed by atoms with van der Waals surface area (Å²) in [6.07, 6.45) is 0. The monoisotopic (exact) mass is 301 g/mol. The van der Waals surface area contributed by atoms with Crippen molar-refractivity contribution in [3.05, 3.63) is 52.4 Å². The van der Waals surface area contributed by atoms with Gasteiger partial charge in [-0.2, -0.15) is 0 Å². The Hall–Kier alpha value is -0.880. The van der Waals surface area contributed by atoms with Gasteiger partial charge in [0.2, 0.25) is 0 Å². The minimum absolute atomic E-state index is 0.232. The maximum Gasteiger partial charge on any atom is 0.250 e. The van der Waals surface area contributed by atoms with Gasteiger partial charge >= 0.3 is 0 Å². The van der Waals surface area contributed by atoms with Crippen LogP contribution in [-0.4, -0.2) is 8.42 Å². The molecule has 6 heteroatoms. The Morgan fingerprint density at radius 2 is 1.83 bits per heavy atom. The van der Waals surface area contributed by atoms with Crippen LogP contribution in [0.1, 0.15) is 18.5 Å². The van der Waals surface area contributed by atoms with Crippen LogP contribution in [0.3, 0.4) is 0 Å². The number of halogens is 1. The molecule has 2 aromatic rings. The van der Waals surface area contributed by atoms with Gasteiger partial charge in [0.1, 0.15) is 4.21 Å². The molecule has 0 spiro atoms. The maximum absolute atomic E-state index is 12.1. The first-order valence-electron chi connectivity index (χ1n) is 5.31. The Morgan fingerprint density at radius 1 is 1.17 bits per heavy atom. The first-order chi connectivity index (χ1) is 8.49. The van der Waals surface area contributed by atoms with Gasteiger partial charge in [0.25, 0.3) is 10.0 Å². The van der Waals surface area contributed by atoms with Gasteiger partial charge in [0.15, 0.2) is 0 Å². The highest BCUT2D eigenvalue weighted by molar-refractivity contribution is 7.91. The summed E-state index contributed by atoms with van der Waals surface area (Å²) in [5, 5.41) is 0. The third-order valence-corrected chi connectivity index (χ3v) is 5.71. The molecule has 2 rings (SSSR count). The van der Waals surface area contributed by atoms with E-state index in [0.717, 1.165) is 16.9 Å². The number of hydrogen-bond acceptors (Lipinski definition) is 3. The first kappa shape index (κ1) is 13.5. The van der Waals surface area contributed by atoms with Gasteiger partial charge in [0.05, 0.1) is 4.34 Å². The molecule has 1 N–H and O–H groups in total. The van der Waals surface area contributed by atoms with E-state index in [9.17, 15) is 8.42 Å². The molecular formula is C12H12ClNO2S2. The van der Waals surface area contributed by atoms with Gasteiger partial charge in [-0.25, -0.2) is 13.1 Å². The highest BCUT2D eigenvalue weighted by atomic mass is 35.5. The summed E-state index contributed by atoms with van der Waals surface area (Å²) >= 11 is 6.79. The number of hydrogen-bond donors (Lipinski definition) is 1. The van der Waals surface area contributed by atoms with Gasteiger partial charge in [-0.1, -0.05) is 41.9 Å². The zero-order chi connectivity index (χ0) is 13.2. The van der Waals surface area contributed by atoms with Crippen LogP contribution in [0.5, 0.6) is 0 Å². The van der Waals surface area contributed by atoms with Crippen molar-refractivity contribution < 1.29 is 8.42 Å². The van der Waals surface area contributed by atoms with Crippen LogP contribution >= 0.6 is 22.9 Å². The summed E-state index contributed by atoms with van der Waals surface area (Å²) in [4.78, 5) is 0. The van der Waals surface area contributed by atoms with Crippen LogP contribution in [0.25, 0.3) is 0 Å². The minimum Gasteiger partial charge on any atom is -0.206 e. The highest BCUT2D eigenvalue weighted by Gasteiger charge is 2.19.